The Balaban J connectivity index is 3.79. The van der Waals surface area contributed by atoms with Gasteiger partial charge in [-0.25, -0.2) is 0 Å². The number of rotatable bonds is 7. The van der Waals surface area contributed by atoms with Crippen molar-refractivity contribution < 1.29 is 12.7 Å². The Hall–Kier alpha value is 0.271. The van der Waals surface area contributed by atoms with Crippen molar-refractivity contribution in [3.8, 4) is 0 Å². The van der Waals surface area contributed by atoms with Gasteiger partial charge in [0.05, 0.1) is 6.61 Å². The summed E-state index contributed by atoms with van der Waals surface area (Å²) in [7, 11) is -3.88. The average Bonchev–Trinajstić information content (AvgIpc) is 1.98. The van der Waals surface area contributed by atoms with E-state index in [4.69, 9.17) is 12.7 Å². The van der Waals surface area contributed by atoms with Crippen LogP contribution in [-0.2, 0) is 12.7 Å². The molecule has 0 rings (SSSR count). The summed E-state index contributed by atoms with van der Waals surface area (Å²) < 4.78 is 16.8. The minimum Gasteiger partial charge on any atom is -0.421 e. The average molecular weight is 236 g/mol. The maximum Gasteiger partial charge on any atom is 0.463 e. The minimum atomic E-state index is -1.81. The lowest BCUT2D eigenvalue weighted by Gasteiger charge is -2.20. The van der Waals surface area contributed by atoms with Crippen LogP contribution in [0.4, 0.5) is 0 Å². The van der Waals surface area contributed by atoms with Crippen LogP contribution in [0.5, 0.6) is 0 Å². The summed E-state index contributed by atoms with van der Waals surface area (Å²) in [6.07, 6.45) is 1.73. The van der Waals surface area contributed by atoms with Crippen LogP contribution in [0.3, 0.4) is 0 Å². The van der Waals surface area contributed by atoms with Gasteiger partial charge in [-0.3, -0.25) is 0 Å². The highest BCUT2D eigenvalue weighted by atomic mass is 28.4. The zero-order valence-corrected chi connectivity index (χ0v) is 12.4. The zero-order valence-electron chi connectivity index (χ0n) is 8.95. The molecule has 0 aliphatic rings. The molecule has 0 heterocycles. The quantitative estimate of drug-likeness (QED) is 0.486. The van der Waals surface area contributed by atoms with Crippen LogP contribution in [-0.4, -0.2) is 34.2 Å². The molecule has 0 amide bonds. The second kappa shape index (κ2) is 7.65. The summed E-state index contributed by atoms with van der Waals surface area (Å²) in [6.45, 7) is 12.7. The first kappa shape index (κ1) is 13.3. The molecule has 0 saturated carbocycles. The molecule has 3 nitrogen and oxygen atoms in total. The van der Waals surface area contributed by atoms with E-state index >= 15 is 0 Å². The molecule has 0 aromatic heterocycles. The molecular formula is C7H20O3Si3. The van der Waals surface area contributed by atoms with Crippen LogP contribution >= 0.6 is 0 Å². The Kier molecular flexibility index (Phi) is 7.81. The molecule has 78 valence electrons. The predicted molar refractivity (Wildman–Crippen MR) is 63.2 cm³/mol. The van der Waals surface area contributed by atoms with E-state index in [-0.39, 0.29) is 0 Å². The van der Waals surface area contributed by atoms with Gasteiger partial charge in [0.2, 0.25) is 0 Å². The van der Waals surface area contributed by atoms with Gasteiger partial charge in [0.15, 0.2) is 18.1 Å². The Morgan fingerprint density at radius 1 is 1.08 bits per heavy atom. The van der Waals surface area contributed by atoms with Gasteiger partial charge in [0, 0.05) is 0 Å². The Morgan fingerprint density at radius 3 is 1.85 bits per heavy atom. The molecule has 0 aromatic rings. The van der Waals surface area contributed by atoms with Gasteiger partial charge in [-0.1, -0.05) is 6.08 Å². The van der Waals surface area contributed by atoms with E-state index in [2.05, 4.69) is 32.8 Å². The van der Waals surface area contributed by atoms with Gasteiger partial charge in [-0.2, -0.15) is 0 Å². The lowest BCUT2D eigenvalue weighted by molar-refractivity contribution is 0.226. The van der Waals surface area contributed by atoms with Crippen molar-refractivity contribution in [2.45, 2.75) is 26.2 Å². The highest BCUT2D eigenvalue weighted by Crippen LogP contribution is 1.98. The van der Waals surface area contributed by atoms with Crippen molar-refractivity contribution in [2.75, 3.05) is 6.61 Å². The van der Waals surface area contributed by atoms with Crippen molar-refractivity contribution in [1.82, 2.24) is 0 Å². The van der Waals surface area contributed by atoms with Crippen molar-refractivity contribution in [3.63, 3.8) is 0 Å². The number of hydrogen-bond acceptors (Lipinski definition) is 3. The van der Waals surface area contributed by atoms with Crippen molar-refractivity contribution in [3.05, 3.63) is 12.7 Å². The summed E-state index contributed by atoms with van der Waals surface area (Å²) in [5.74, 6) is 0. The topological polar surface area (TPSA) is 27.7 Å². The van der Waals surface area contributed by atoms with Gasteiger partial charge < -0.3 is 12.7 Å². The third-order valence-electron chi connectivity index (χ3n) is 1.12. The molecule has 6 heteroatoms. The van der Waals surface area contributed by atoms with Crippen LogP contribution in [0.2, 0.25) is 26.2 Å². The van der Waals surface area contributed by atoms with Gasteiger partial charge in [-0.05, 0) is 26.2 Å². The van der Waals surface area contributed by atoms with E-state index in [9.17, 15) is 0 Å². The van der Waals surface area contributed by atoms with Gasteiger partial charge in [0.25, 0.3) is 0 Å². The van der Waals surface area contributed by atoms with E-state index in [0.717, 1.165) is 0 Å². The summed E-state index contributed by atoms with van der Waals surface area (Å²) >= 11 is 0. The number of hydrogen-bond donors (Lipinski definition) is 0. The first-order chi connectivity index (χ1) is 6.06. The van der Waals surface area contributed by atoms with E-state index in [1.54, 1.807) is 6.08 Å². The molecule has 0 N–H and O–H groups in total. The van der Waals surface area contributed by atoms with E-state index in [0.29, 0.717) is 6.61 Å². The summed E-state index contributed by atoms with van der Waals surface area (Å²) in [4.78, 5) is 0. The fourth-order valence-corrected chi connectivity index (χ4v) is 6.01. The largest absolute Gasteiger partial charge is 0.463 e. The fraction of sp³-hybridized carbons (Fsp3) is 0.714. The molecule has 0 saturated heterocycles. The Bertz CT molecular complexity index is 131. The third kappa shape index (κ3) is 8.60. The summed E-state index contributed by atoms with van der Waals surface area (Å²) in [6, 6.07) is 0. The van der Waals surface area contributed by atoms with Crippen LogP contribution < -0.4 is 0 Å². The first-order valence-corrected chi connectivity index (χ1v) is 11.6. The smallest absolute Gasteiger partial charge is 0.421 e. The third-order valence-corrected chi connectivity index (χ3v) is 7.71. The maximum atomic E-state index is 5.68. The lowest BCUT2D eigenvalue weighted by atomic mass is 10.7. The SMILES string of the molecule is C=CCO[SiH](O[SiH](C)C)O[SiH](C)C. The second-order valence-corrected chi connectivity index (χ2v) is 10.6. The molecular weight excluding hydrogens is 216 g/mol. The minimum absolute atomic E-state index is 0.541. The van der Waals surface area contributed by atoms with Crippen LogP contribution in [0.25, 0.3) is 0 Å². The van der Waals surface area contributed by atoms with Crippen molar-refractivity contribution in [2.24, 2.45) is 0 Å². The van der Waals surface area contributed by atoms with E-state index in [1.165, 1.54) is 0 Å². The molecule has 0 aromatic carbocycles. The normalized spacial score (nSPS) is 11.6. The molecule has 0 bridgehead atoms. The summed E-state index contributed by atoms with van der Waals surface area (Å²) in [5, 5.41) is 0. The monoisotopic (exact) mass is 236 g/mol. The van der Waals surface area contributed by atoms with Crippen molar-refractivity contribution >= 4 is 27.6 Å². The highest BCUT2D eigenvalue weighted by Gasteiger charge is 2.18. The Morgan fingerprint density at radius 2 is 1.54 bits per heavy atom. The fourth-order valence-electron chi connectivity index (χ4n) is 0.702. The van der Waals surface area contributed by atoms with Crippen LogP contribution in [0.15, 0.2) is 12.7 Å². The standard InChI is InChI=1S/C7H20O3Si3/c1-6-7-8-13(9-11(2)3)10-12(4)5/h6,11-13H,1,7H2,2-5H3. The van der Waals surface area contributed by atoms with Gasteiger partial charge in [0.1, 0.15) is 0 Å². The molecule has 0 aliphatic carbocycles. The molecule has 13 heavy (non-hydrogen) atoms. The first-order valence-electron chi connectivity index (χ1n) is 4.59. The van der Waals surface area contributed by atoms with Crippen LogP contribution in [0, 0.1) is 0 Å². The molecule has 0 unspecified atom stereocenters. The summed E-state index contributed by atoms with van der Waals surface area (Å²) in [5.41, 5.74) is 0. The predicted octanol–water partition coefficient (Wildman–Crippen LogP) is 0.906. The molecule has 0 spiro atoms. The second-order valence-electron chi connectivity index (χ2n) is 3.28. The maximum absolute atomic E-state index is 5.68. The van der Waals surface area contributed by atoms with Gasteiger partial charge >= 0.3 is 9.53 Å². The molecule has 0 radical (unpaired) electrons. The Labute approximate surface area is 86.1 Å². The molecule has 0 atom stereocenters. The molecule has 0 fully saturated rings. The van der Waals surface area contributed by atoms with Crippen LogP contribution in [0.1, 0.15) is 0 Å². The lowest BCUT2D eigenvalue weighted by Crippen LogP contribution is -2.35. The van der Waals surface area contributed by atoms with Gasteiger partial charge in [-0.15, -0.1) is 6.58 Å². The van der Waals surface area contributed by atoms with Crippen molar-refractivity contribution in [1.29, 1.82) is 0 Å². The zero-order chi connectivity index (χ0) is 10.3. The molecule has 0 aliphatic heterocycles. The van der Waals surface area contributed by atoms with E-state index < -0.39 is 27.6 Å². The highest BCUT2D eigenvalue weighted by molar-refractivity contribution is 6.64. The van der Waals surface area contributed by atoms with E-state index in [1.807, 2.05) is 0 Å².